The van der Waals surface area contributed by atoms with E-state index in [2.05, 4.69) is 19.1 Å². The number of ether oxygens (including phenoxy) is 1. The van der Waals surface area contributed by atoms with Gasteiger partial charge in [0.2, 0.25) is 0 Å². The number of rotatable bonds is 4. The molecule has 0 saturated carbocycles. The van der Waals surface area contributed by atoms with Crippen molar-refractivity contribution in [2.75, 3.05) is 6.61 Å². The fraction of sp³-hybridized carbons (Fsp3) is 0.316. The summed E-state index contributed by atoms with van der Waals surface area (Å²) in [5, 5.41) is 0. The van der Waals surface area contributed by atoms with Crippen molar-refractivity contribution in [1.82, 2.24) is 0 Å². The van der Waals surface area contributed by atoms with E-state index in [9.17, 15) is 4.79 Å². The average Bonchev–Trinajstić information content (AvgIpc) is 2.55. The van der Waals surface area contributed by atoms with Crippen molar-refractivity contribution in [1.29, 1.82) is 0 Å². The van der Waals surface area contributed by atoms with Crippen LogP contribution in [0.5, 0.6) is 5.75 Å². The van der Waals surface area contributed by atoms with Crippen LogP contribution in [0.3, 0.4) is 0 Å². The molecule has 1 aliphatic heterocycles. The van der Waals surface area contributed by atoms with E-state index in [0.717, 1.165) is 36.1 Å². The lowest BCUT2D eigenvalue weighted by molar-refractivity contribution is 0.0933. The third kappa shape index (κ3) is 2.85. The molecular formula is C19H20O2. The lowest BCUT2D eigenvalue weighted by Gasteiger charge is -2.24. The molecule has 2 heteroatoms. The lowest BCUT2D eigenvalue weighted by atomic mass is 9.86. The maximum Gasteiger partial charge on any atom is 0.170 e. The van der Waals surface area contributed by atoms with E-state index in [4.69, 9.17) is 4.74 Å². The third-order valence-corrected chi connectivity index (χ3v) is 4.05. The fourth-order valence-electron chi connectivity index (χ4n) is 2.94. The molecule has 21 heavy (non-hydrogen) atoms. The molecule has 2 aromatic carbocycles. The first-order chi connectivity index (χ1) is 10.3. The van der Waals surface area contributed by atoms with Gasteiger partial charge in [-0.1, -0.05) is 55.8 Å². The Morgan fingerprint density at radius 2 is 1.90 bits per heavy atom. The molecule has 0 N–H and O–H groups in total. The topological polar surface area (TPSA) is 26.3 Å². The molecule has 3 rings (SSSR count). The standard InChI is InChI=1S/C19H20O2/c1-2-5-14-8-10-15(11-9-14)19(20)17-12-13-21-18-7-4-3-6-16(17)18/h3-4,6-11,17H,2,5,12-13H2,1H3. The fourth-order valence-corrected chi connectivity index (χ4v) is 2.94. The highest BCUT2D eigenvalue weighted by atomic mass is 16.5. The molecule has 1 heterocycles. The van der Waals surface area contributed by atoms with E-state index in [1.165, 1.54) is 5.56 Å². The molecule has 2 nitrogen and oxygen atoms in total. The minimum absolute atomic E-state index is 0.0769. The van der Waals surface area contributed by atoms with Crippen LogP contribution in [0.1, 0.15) is 47.2 Å². The zero-order chi connectivity index (χ0) is 14.7. The summed E-state index contributed by atoms with van der Waals surface area (Å²) in [6.07, 6.45) is 2.95. The Bertz CT molecular complexity index is 628. The Labute approximate surface area is 125 Å². The minimum atomic E-state index is -0.0769. The van der Waals surface area contributed by atoms with E-state index < -0.39 is 0 Å². The summed E-state index contributed by atoms with van der Waals surface area (Å²) < 4.78 is 5.64. The maximum atomic E-state index is 12.8. The molecule has 1 atom stereocenters. The molecule has 0 bridgehead atoms. The van der Waals surface area contributed by atoms with Gasteiger partial charge in [0, 0.05) is 11.1 Å². The van der Waals surface area contributed by atoms with Gasteiger partial charge in [-0.25, -0.2) is 0 Å². The number of hydrogen-bond acceptors (Lipinski definition) is 2. The van der Waals surface area contributed by atoms with Crippen molar-refractivity contribution in [3.8, 4) is 5.75 Å². The van der Waals surface area contributed by atoms with Crippen LogP contribution in [0.15, 0.2) is 48.5 Å². The van der Waals surface area contributed by atoms with Gasteiger partial charge in [0.25, 0.3) is 0 Å². The molecule has 0 aliphatic carbocycles. The smallest absolute Gasteiger partial charge is 0.170 e. The van der Waals surface area contributed by atoms with Crippen LogP contribution >= 0.6 is 0 Å². The molecule has 108 valence electrons. The van der Waals surface area contributed by atoms with Gasteiger partial charge >= 0.3 is 0 Å². The summed E-state index contributed by atoms with van der Waals surface area (Å²) >= 11 is 0. The van der Waals surface area contributed by atoms with Crippen molar-refractivity contribution in [2.45, 2.75) is 32.1 Å². The molecule has 0 aromatic heterocycles. The Morgan fingerprint density at radius 3 is 2.67 bits per heavy atom. The summed E-state index contributed by atoms with van der Waals surface area (Å²) in [6, 6.07) is 15.9. The van der Waals surface area contributed by atoms with Gasteiger partial charge in [0.1, 0.15) is 5.75 Å². The van der Waals surface area contributed by atoms with Crippen LogP contribution in [0, 0.1) is 0 Å². The van der Waals surface area contributed by atoms with Crippen LogP contribution in [0.4, 0.5) is 0 Å². The molecule has 0 amide bonds. The summed E-state index contributed by atoms with van der Waals surface area (Å²) in [5.41, 5.74) is 3.12. The van der Waals surface area contributed by atoms with E-state index in [1.807, 2.05) is 36.4 Å². The summed E-state index contributed by atoms with van der Waals surface area (Å²) in [4.78, 5) is 12.8. The molecule has 0 spiro atoms. The van der Waals surface area contributed by atoms with Crippen LogP contribution in [0.25, 0.3) is 0 Å². The number of carbonyl (C=O) groups is 1. The number of hydrogen-bond donors (Lipinski definition) is 0. The normalized spacial score (nSPS) is 16.9. The van der Waals surface area contributed by atoms with Crippen LogP contribution in [-0.2, 0) is 6.42 Å². The molecule has 2 aromatic rings. The van der Waals surface area contributed by atoms with Gasteiger partial charge in [0.15, 0.2) is 5.78 Å². The Balaban J connectivity index is 1.86. The van der Waals surface area contributed by atoms with Gasteiger partial charge in [-0.15, -0.1) is 0 Å². The summed E-state index contributed by atoms with van der Waals surface area (Å²) in [5.74, 6) is 0.977. The Morgan fingerprint density at radius 1 is 1.14 bits per heavy atom. The predicted molar refractivity (Wildman–Crippen MR) is 84.1 cm³/mol. The van der Waals surface area contributed by atoms with Crippen LogP contribution in [0.2, 0.25) is 0 Å². The van der Waals surface area contributed by atoms with Crippen molar-refractivity contribution in [3.63, 3.8) is 0 Å². The van der Waals surface area contributed by atoms with E-state index >= 15 is 0 Å². The van der Waals surface area contributed by atoms with Crippen molar-refractivity contribution < 1.29 is 9.53 Å². The lowest BCUT2D eigenvalue weighted by Crippen LogP contribution is -2.21. The first-order valence-corrected chi connectivity index (χ1v) is 7.64. The van der Waals surface area contributed by atoms with Gasteiger partial charge in [-0.2, -0.15) is 0 Å². The minimum Gasteiger partial charge on any atom is -0.493 e. The highest BCUT2D eigenvalue weighted by Crippen LogP contribution is 2.35. The number of aryl methyl sites for hydroxylation is 1. The van der Waals surface area contributed by atoms with Crippen molar-refractivity contribution in [3.05, 3.63) is 65.2 Å². The third-order valence-electron chi connectivity index (χ3n) is 4.05. The van der Waals surface area contributed by atoms with Gasteiger partial charge < -0.3 is 4.74 Å². The maximum absolute atomic E-state index is 12.8. The van der Waals surface area contributed by atoms with Gasteiger partial charge in [-0.05, 0) is 24.5 Å². The molecule has 0 fully saturated rings. The quantitative estimate of drug-likeness (QED) is 0.776. The highest BCUT2D eigenvalue weighted by Gasteiger charge is 2.27. The second-order valence-corrected chi connectivity index (χ2v) is 5.54. The number of carbonyl (C=O) groups excluding carboxylic acids is 1. The van der Waals surface area contributed by atoms with Gasteiger partial charge in [-0.3, -0.25) is 4.79 Å². The average molecular weight is 280 g/mol. The first-order valence-electron chi connectivity index (χ1n) is 7.64. The SMILES string of the molecule is CCCc1ccc(C(=O)C2CCOc3ccccc32)cc1. The second-order valence-electron chi connectivity index (χ2n) is 5.54. The molecule has 0 saturated heterocycles. The molecule has 0 radical (unpaired) electrons. The molecule has 1 unspecified atom stereocenters. The zero-order valence-corrected chi connectivity index (χ0v) is 12.3. The second kappa shape index (κ2) is 6.13. The van der Waals surface area contributed by atoms with Crippen LogP contribution in [-0.4, -0.2) is 12.4 Å². The van der Waals surface area contributed by atoms with E-state index in [0.29, 0.717) is 6.61 Å². The number of fused-ring (bicyclic) bond motifs is 1. The van der Waals surface area contributed by atoms with Gasteiger partial charge in [0.05, 0.1) is 12.5 Å². The van der Waals surface area contributed by atoms with Crippen molar-refractivity contribution >= 4 is 5.78 Å². The summed E-state index contributed by atoms with van der Waals surface area (Å²) in [7, 11) is 0. The van der Waals surface area contributed by atoms with E-state index in [1.54, 1.807) is 0 Å². The monoisotopic (exact) mass is 280 g/mol. The number of ketones is 1. The summed E-state index contributed by atoms with van der Waals surface area (Å²) in [6.45, 7) is 2.78. The highest BCUT2D eigenvalue weighted by molar-refractivity contribution is 6.01. The number of para-hydroxylation sites is 1. The molecule has 1 aliphatic rings. The van der Waals surface area contributed by atoms with E-state index in [-0.39, 0.29) is 11.7 Å². The zero-order valence-electron chi connectivity index (χ0n) is 12.3. The number of benzene rings is 2. The first kappa shape index (κ1) is 13.9. The molecular weight excluding hydrogens is 260 g/mol. The van der Waals surface area contributed by atoms with Crippen molar-refractivity contribution in [2.24, 2.45) is 0 Å². The Hall–Kier alpha value is -2.09. The Kier molecular flexibility index (Phi) is 4.05. The predicted octanol–water partition coefficient (Wildman–Crippen LogP) is 4.39. The van der Waals surface area contributed by atoms with Crippen LogP contribution < -0.4 is 4.74 Å². The number of Topliss-reactive ketones (excluding diaryl/α,β-unsaturated/α-hetero) is 1. The largest absolute Gasteiger partial charge is 0.493 e.